The molecule has 1 saturated heterocycles. The predicted molar refractivity (Wildman–Crippen MR) is 66.3 cm³/mol. The SMILES string of the molecule is COCCCNc1nccn1C1CCCOC1. The van der Waals surface area contributed by atoms with Crippen LogP contribution in [0.25, 0.3) is 0 Å². The van der Waals surface area contributed by atoms with Gasteiger partial charge in [0.15, 0.2) is 0 Å². The normalized spacial score (nSPS) is 20.4. The summed E-state index contributed by atoms with van der Waals surface area (Å²) >= 11 is 0. The van der Waals surface area contributed by atoms with Crippen LogP contribution in [0.4, 0.5) is 5.95 Å². The van der Waals surface area contributed by atoms with Crippen molar-refractivity contribution in [2.24, 2.45) is 0 Å². The summed E-state index contributed by atoms with van der Waals surface area (Å²) in [7, 11) is 1.72. The van der Waals surface area contributed by atoms with E-state index in [1.54, 1.807) is 7.11 Å². The first-order valence-corrected chi connectivity index (χ1v) is 6.25. The second-order valence-electron chi connectivity index (χ2n) is 4.30. The highest BCUT2D eigenvalue weighted by Crippen LogP contribution is 2.22. The van der Waals surface area contributed by atoms with Gasteiger partial charge in [-0.2, -0.15) is 0 Å². The smallest absolute Gasteiger partial charge is 0.203 e. The Balaban J connectivity index is 1.87. The lowest BCUT2D eigenvalue weighted by molar-refractivity contribution is 0.0598. The largest absolute Gasteiger partial charge is 0.385 e. The van der Waals surface area contributed by atoms with Gasteiger partial charge in [-0.05, 0) is 19.3 Å². The molecule has 0 saturated carbocycles. The van der Waals surface area contributed by atoms with E-state index in [4.69, 9.17) is 9.47 Å². The molecule has 1 fully saturated rings. The molecular formula is C12H21N3O2. The van der Waals surface area contributed by atoms with E-state index in [-0.39, 0.29) is 0 Å². The zero-order chi connectivity index (χ0) is 11.9. The molecule has 5 heteroatoms. The Morgan fingerprint density at radius 2 is 2.59 bits per heavy atom. The summed E-state index contributed by atoms with van der Waals surface area (Å²) in [4.78, 5) is 4.34. The molecule has 1 aliphatic heterocycles. The number of nitrogens with one attached hydrogen (secondary N) is 1. The number of aromatic nitrogens is 2. The maximum Gasteiger partial charge on any atom is 0.203 e. The summed E-state index contributed by atoms with van der Waals surface area (Å²) in [5, 5.41) is 3.34. The first-order valence-electron chi connectivity index (χ1n) is 6.25. The zero-order valence-corrected chi connectivity index (χ0v) is 10.4. The van der Waals surface area contributed by atoms with Gasteiger partial charge in [0, 0.05) is 39.3 Å². The molecule has 0 amide bonds. The molecule has 0 spiro atoms. The Bertz CT molecular complexity index is 321. The number of anilines is 1. The van der Waals surface area contributed by atoms with Crippen molar-refractivity contribution in [1.29, 1.82) is 0 Å². The minimum Gasteiger partial charge on any atom is -0.385 e. The number of hydrogen-bond acceptors (Lipinski definition) is 4. The topological polar surface area (TPSA) is 48.3 Å². The van der Waals surface area contributed by atoms with Crippen LogP contribution in [0.15, 0.2) is 12.4 Å². The standard InChI is InChI=1S/C12H21N3O2/c1-16-8-3-5-13-12-14-6-7-15(12)11-4-2-9-17-10-11/h6-7,11H,2-5,8-10H2,1H3,(H,13,14). The van der Waals surface area contributed by atoms with Crippen LogP contribution in [0.2, 0.25) is 0 Å². The summed E-state index contributed by atoms with van der Waals surface area (Å²) in [5.74, 6) is 0.941. The van der Waals surface area contributed by atoms with Crippen molar-refractivity contribution in [1.82, 2.24) is 9.55 Å². The van der Waals surface area contributed by atoms with Gasteiger partial charge < -0.3 is 19.4 Å². The highest BCUT2D eigenvalue weighted by molar-refractivity contribution is 5.26. The Labute approximate surface area is 102 Å². The molecule has 1 aliphatic rings. The number of ether oxygens (including phenoxy) is 2. The maximum absolute atomic E-state index is 5.51. The Morgan fingerprint density at radius 3 is 3.35 bits per heavy atom. The Hall–Kier alpha value is -1.07. The lowest BCUT2D eigenvalue weighted by atomic mass is 10.1. The van der Waals surface area contributed by atoms with E-state index >= 15 is 0 Å². The molecule has 96 valence electrons. The van der Waals surface area contributed by atoms with Crippen LogP contribution < -0.4 is 5.32 Å². The van der Waals surface area contributed by atoms with Gasteiger partial charge in [-0.25, -0.2) is 4.98 Å². The number of rotatable bonds is 6. The molecule has 2 heterocycles. The summed E-state index contributed by atoms with van der Waals surface area (Å²) in [5.41, 5.74) is 0. The number of nitrogens with zero attached hydrogens (tertiary/aromatic N) is 2. The molecule has 2 rings (SSSR count). The fraction of sp³-hybridized carbons (Fsp3) is 0.750. The van der Waals surface area contributed by atoms with Gasteiger partial charge in [-0.3, -0.25) is 0 Å². The third kappa shape index (κ3) is 3.44. The van der Waals surface area contributed by atoms with Crippen LogP contribution in [0.1, 0.15) is 25.3 Å². The van der Waals surface area contributed by atoms with Gasteiger partial charge in [-0.15, -0.1) is 0 Å². The first-order chi connectivity index (χ1) is 8.42. The van der Waals surface area contributed by atoms with Crippen LogP contribution in [0.5, 0.6) is 0 Å². The van der Waals surface area contributed by atoms with Crippen molar-refractivity contribution in [3.8, 4) is 0 Å². The van der Waals surface area contributed by atoms with Gasteiger partial charge in [0.1, 0.15) is 0 Å². The quantitative estimate of drug-likeness (QED) is 0.767. The number of hydrogen-bond donors (Lipinski definition) is 1. The summed E-state index contributed by atoms with van der Waals surface area (Å²) < 4.78 is 12.7. The van der Waals surface area contributed by atoms with Crippen LogP contribution in [-0.2, 0) is 9.47 Å². The van der Waals surface area contributed by atoms with E-state index in [2.05, 4.69) is 14.9 Å². The number of methoxy groups -OCH3 is 1. The average molecular weight is 239 g/mol. The van der Waals surface area contributed by atoms with Crippen LogP contribution in [0, 0.1) is 0 Å². The minimum absolute atomic E-state index is 0.427. The third-order valence-corrected chi connectivity index (χ3v) is 3.01. The molecule has 17 heavy (non-hydrogen) atoms. The third-order valence-electron chi connectivity index (χ3n) is 3.01. The molecule has 1 aromatic rings. The summed E-state index contributed by atoms with van der Waals surface area (Å²) in [6, 6.07) is 0.427. The Morgan fingerprint density at radius 1 is 1.65 bits per heavy atom. The Kier molecular flexibility index (Phi) is 4.82. The van der Waals surface area contributed by atoms with Crippen LogP contribution in [-0.4, -0.2) is 43.0 Å². The van der Waals surface area contributed by atoms with E-state index < -0.39 is 0 Å². The molecule has 0 aliphatic carbocycles. The molecule has 1 aromatic heterocycles. The molecule has 1 atom stereocenters. The highest BCUT2D eigenvalue weighted by atomic mass is 16.5. The van der Waals surface area contributed by atoms with Crippen molar-refractivity contribution in [2.45, 2.75) is 25.3 Å². The molecule has 0 aromatic carbocycles. The summed E-state index contributed by atoms with van der Waals surface area (Å²) in [6.45, 7) is 3.35. The molecule has 1 unspecified atom stereocenters. The van der Waals surface area contributed by atoms with Crippen molar-refractivity contribution in [3.63, 3.8) is 0 Å². The second-order valence-corrected chi connectivity index (χ2v) is 4.30. The van der Waals surface area contributed by atoms with E-state index in [0.29, 0.717) is 6.04 Å². The van der Waals surface area contributed by atoms with Gasteiger partial charge in [0.25, 0.3) is 0 Å². The molecule has 1 N–H and O–H groups in total. The predicted octanol–water partition coefficient (Wildman–Crippen LogP) is 1.68. The summed E-state index contributed by atoms with van der Waals surface area (Å²) in [6.07, 6.45) is 7.16. The fourth-order valence-electron chi connectivity index (χ4n) is 2.10. The minimum atomic E-state index is 0.427. The van der Waals surface area contributed by atoms with Gasteiger partial charge in [0.05, 0.1) is 12.6 Å². The molecular weight excluding hydrogens is 218 g/mol. The van der Waals surface area contributed by atoms with Crippen LogP contribution in [0.3, 0.4) is 0 Å². The maximum atomic E-state index is 5.51. The monoisotopic (exact) mass is 239 g/mol. The molecule has 0 bridgehead atoms. The molecule has 5 nitrogen and oxygen atoms in total. The molecule has 0 radical (unpaired) electrons. The van der Waals surface area contributed by atoms with E-state index in [0.717, 1.165) is 45.2 Å². The van der Waals surface area contributed by atoms with Gasteiger partial charge in [0.2, 0.25) is 5.95 Å². The first kappa shape index (κ1) is 12.4. The van der Waals surface area contributed by atoms with Crippen molar-refractivity contribution in [3.05, 3.63) is 12.4 Å². The fourth-order valence-corrected chi connectivity index (χ4v) is 2.10. The lowest BCUT2D eigenvalue weighted by Gasteiger charge is -2.25. The van der Waals surface area contributed by atoms with E-state index in [9.17, 15) is 0 Å². The van der Waals surface area contributed by atoms with Crippen molar-refractivity contribution < 1.29 is 9.47 Å². The van der Waals surface area contributed by atoms with Crippen LogP contribution >= 0.6 is 0 Å². The lowest BCUT2D eigenvalue weighted by Crippen LogP contribution is -2.22. The van der Waals surface area contributed by atoms with Crippen molar-refractivity contribution >= 4 is 5.95 Å². The van der Waals surface area contributed by atoms with Gasteiger partial charge in [-0.1, -0.05) is 0 Å². The van der Waals surface area contributed by atoms with Crippen molar-refractivity contribution in [2.75, 3.05) is 38.8 Å². The van der Waals surface area contributed by atoms with E-state index in [1.165, 1.54) is 6.42 Å². The highest BCUT2D eigenvalue weighted by Gasteiger charge is 2.17. The number of imidazole rings is 1. The van der Waals surface area contributed by atoms with E-state index in [1.807, 2.05) is 12.4 Å². The average Bonchev–Trinajstić information content (AvgIpc) is 2.84. The zero-order valence-electron chi connectivity index (χ0n) is 10.4. The second kappa shape index (κ2) is 6.61. The van der Waals surface area contributed by atoms with Gasteiger partial charge >= 0.3 is 0 Å².